The fraction of sp³-hybridized carbons (Fsp3) is 0.350. The summed E-state index contributed by atoms with van der Waals surface area (Å²) in [5.74, 6) is 0.602. The molecule has 3 nitrogen and oxygen atoms in total. The maximum absolute atomic E-state index is 12.6. The van der Waals surface area contributed by atoms with Crippen LogP contribution in [0.15, 0.2) is 54.6 Å². The summed E-state index contributed by atoms with van der Waals surface area (Å²) in [5.41, 5.74) is 3.20. The molecule has 120 valence electrons. The third kappa shape index (κ3) is 3.62. The molecule has 3 heteroatoms. The number of morpholine rings is 1. The van der Waals surface area contributed by atoms with E-state index in [4.69, 9.17) is 4.74 Å². The number of hydrogen-bond donors (Lipinski definition) is 0. The number of ether oxygens (including phenoxy) is 1. The average Bonchev–Trinajstić information content (AvgIpc) is 2.62. The first kappa shape index (κ1) is 15.8. The molecular weight excluding hydrogens is 286 g/mol. The topological polar surface area (TPSA) is 29.5 Å². The van der Waals surface area contributed by atoms with Crippen LogP contribution >= 0.6 is 0 Å². The fourth-order valence-electron chi connectivity index (χ4n) is 2.89. The molecule has 2 aromatic rings. The number of carbonyl (C=O) groups excluding carboxylic acids is 1. The monoisotopic (exact) mass is 309 g/mol. The highest BCUT2D eigenvalue weighted by Gasteiger charge is 2.26. The summed E-state index contributed by atoms with van der Waals surface area (Å²) >= 11 is 0. The summed E-state index contributed by atoms with van der Waals surface area (Å²) in [6.45, 7) is 6.21. The van der Waals surface area contributed by atoms with Crippen LogP contribution in [0.5, 0.6) is 0 Å². The van der Waals surface area contributed by atoms with Gasteiger partial charge >= 0.3 is 0 Å². The first-order chi connectivity index (χ1) is 11.1. The molecule has 1 amide bonds. The van der Waals surface area contributed by atoms with Gasteiger partial charge in [0.25, 0.3) is 5.91 Å². The molecule has 0 spiro atoms. The number of hydrogen-bond acceptors (Lipinski definition) is 2. The summed E-state index contributed by atoms with van der Waals surface area (Å²) in [6.07, 6.45) is -0.0439. The summed E-state index contributed by atoms with van der Waals surface area (Å²) in [7, 11) is 0. The quantitative estimate of drug-likeness (QED) is 0.857. The van der Waals surface area contributed by atoms with Gasteiger partial charge in [-0.15, -0.1) is 0 Å². The minimum Gasteiger partial charge on any atom is -0.370 e. The maximum Gasteiger partial charge on any atom is 0.254 e. The zero-order valence-corrected chi connectivity index (χ0v) is 13.7. The van der Waals surface area contributed by atoms with Gasteiger partial charge in [0.2, 0.25) is 0 Å². The molecule has 0 radical (unpaired) electrons. The molecule has 0 aliphatic carbocycles. The maximum atomic E-state index is 12.6. The van der Waals surface area contributed by atoms with Crippen molar-refractivity contribution in [3.05, 3.63) is 71.3 Å². The molecule has 1 fully saturated rings. The van der Waals surface area contributed by atoms with E-state index in [2.05, 4.69) is 38.1 Å². The standard InChI is InChI=1S/C20H23NO2/c1-15(2)16-8-10-17(11-9-16)19-14-21(12-13-23-19)20(22)18-6-4-3-5-7-18/h3-11,15,19H,12-14H2,1-2H3. The van der Waals surface area contributed by atoms with Crippen molar-refractivity contribution < 1.29 is 9.53 Å². The van der Waals surface area contributed by atoms with Gasteiger partial charge in [0.15, 0.2) is 0 Å². The summed E-state index contributed by atoms with van der Waals surface area (Å²) < 4.78 is 5.89. The van der Waals surface area contributed by atoms with Gasteiger partial charge in [-0.2, -0.15) is 0 Å². The predicted octanol–water partition coefficient (Wildman–Crippen LogP) is 4.02. The molecule has 1 aliphatic heterocycles. The summed E-state index contributed by atoms with van der Waals surface area (Å²) in [5, 5.41) is 0. The second-order valence-corrected chi connectivity index (χ2v) is 6.30. The van der Waals surface area contributed by atoms with E-state index in [0.717, 1.165) is 11.1 Å². The van der Waals surface area contributed by atoms with Crippen molar-refractivity contribution in [2.75, 3.05) is 19.7 Å². The van der Waals surface area contributed by atoms with Gasteiger partial charge < -0.3 is 9.64 Å². The van der Waals surface area contributed by atoms with Crippen molar-refractivity contribution >= 4 is 5.91 Å². The van der Waals surface area contributed by atoms with E-state index in [-0.39, 0.29) is 12.0 Å². The largest absolute Gasteiger partial charge is 0.370 e. The van der Waals surface area contributed by atoms with Gasteiger partial charge in [-0.1, -0.05) is 56.3 Å². The SMILES string of the molecule is CC(C)c1ccc(C2CN(C(=O)c3ccccc3)CCO2)cc1. The molecule has 1 saturated heterocycles. The van der Waals surface area contributed by atoms with Gasteiger partial charge in [0.05, 0.1) is 13.2 Å². The number of benzene rings is 2. The van der Waals surface area contributed by atoms with E-state index in [9.17, 15) is 4.79 Å². The molecule has 23 heavy (non-hydrogen) atoms. The first-order valence-electron chi connectivity index (χ1n) is 8.21. The Morgan fingerprint density at radius 1 is 1.09 bits per heavy atom. The number of carbonyl (C=O) groups is 1. The van der Waals surface area contributed by atoms with Crippen LogP contribution in [0.1, 0.15) is 47.4 Å². The van der Waals surface area contributed by atoms with Crippen LogP contribution in [-0.4, -0.2) is 30.5 Å². The van der Waals surface area contributed by atoms with Crippen LogP contribution in [0.3, 0.4) is 0 Å². The Morgan fingerprint density at radius 3 is 2.43 bits per heavy atom. The number of rotatable bonds is 3. The molecule has 1 aliphatic rings. The third-order valence-electron chi connectivity index (χ3n) is 4.35. The Hall–Kier alpha value is -2.13. The lowest BCUT2D eigenvalue weighted by atomic mass is 9.99. The summed E-state index contributed by atoms with van der Waals surface area (Å²) in [6, 6.07) is 18.0. The van der Waals surface area contributed by atoms with E-state index in [1.54, 1.807) is 0 Å². The molecular formula is C20H23NO2. The van der Waals surface area contributed by atoms with Crippen molar-refractivity contribution in [3.8, 4) is 0 Å². The lowest BCUT2D eigenvalue weighted by molar-refractivity contribution is -0.0228. The average molecular weight is 309 g/mol. The second kappa shape index (κ2) is 6.97. The Balaban J connectivity index is 1.72. The van der Waals surface area contributed by atoms with Gasteiger partial charge in [-0.05, 0) is 29.2 Å². The number of nitrogens with zero attached hydrogens (tertiary/aromatic N) is 1. The van der Waals surface area contributed by atoms with Crippen LogP contribution in [0.4, 0.5) is 0 Å². The molecule has 1 atom stereocenters. The molecule has 0 bridgehead atoms. The molecule has 0 saturated carbocycles. The Morgan fingerprint density at radius 2 is 1.78 bits per heavy atom. The van der Waals surface area contributed by atoms with E-state index in [0.29, 0.717) is 25.6 Å². The molecule has 0 N–H and O–H groups in total. The second-order valence-electron chi connectivity index (χ2n) is 6.30. The lowest BCUT2D eigenvalue weighted by Crippen LogP contribution is -2.42. The van der Waals surface area contributed by atoms with Gasteiger partial charge in [0, 0.05) is 12.1 Å². The van der Waals surface area contributed by atoms with Crippen molar-refractivity contribution in [1.29, 1.82) is 0 Å². The van der Waals surface area contributed by atoms with Crippen LogP contribution < -0.4 is 0 Å². The summed E-state index contributed by atoms with van der Waals surface area (Å²) in [4.78, 5) is 14.5. The zero-order chi connectivity index (χ0) is 16.2. The van der Waals surface area contributed by atoms with Crippen molar-refractivity contribution in [2.45, 2.75) is 25.9 Å². The first-order valence-corrected chi connectivity index (χ1v) is 8.21. The minimum atomic E-state index is -0.0439. The van der Waals surface area contributed by atoms with Crippen LogP contribution in [0, 0.1) is 0 Å². The smallest absolute Gasteiger partial charge is 0.254 e. The van der Waals surface area contributed by atoms with Crippen molar-refractivity contribution in [2.24, 2.45) is 0 Å². The van der Waals surface area contributed by atoms with E-state index in [1.807, 2.05) is 35.2 Å². The van der Waals surface area contributed by atoms with Gasteiger partial charge in [-0.25, -0.2) is 0 Å². The lowest BCUT2D eigenvalue weighted by Gasteiger charge is -2.33. The highest BCUT2D eigenvalue weighted by molar-refractivity contribution is 5.94. The Kier molecular flexibility index (Phi) is 4.77. The highest BCUT2D eigenvalue weighted by atomic mass is 16.5. The normalized spacial score (nSPS) is 18.2. The molecule has 3 rings (SSSR count). The van der Waals surface area contributed by atoms with Crippen LogP contribution in [-0.2, 0) is 4.74 Å². The van der Waals surface area contributed by atoms with Gasteiger partial charge in [0.1, 0.15) is 6.10 Å². The number of amides is 1. The minimum absolute atomic E-state index is 0.0439. The van der Waals surface area contributed by atoms with Gasteiger partial charge in [-0.3, -0.25) is 4.79 Å². The Labute approximate surface area is 137 Å². The van der Waals surface area contributed by atoms with E-state index in [1.165, 1.54) is 5.56 Å². The van der Waals surface area contributed by atoms with Crippen molar-refractivity contribution in [3.63, 3.8) is 0 Å². The Bertz CT molecular complexity index is 649. The molecule has 0 aromatic heterocycles. The molecule has 1 heterocycles. The predicted molar refractivity (Wildman–Crippen MR) is 91.6 cm³/mol. The molecule has 1 unspecified atom stereocenters. The molecule has 2 aromatic carbocycles. The van der Waals surface area contributed by atoms with E-state index < -0.39 is 0 Å². The van der Waals surface area contributed by atoms with E-state index >= 15 is 0 Å². The zero-order valence-electron chi connectivity index (χ0n) is 13.7. The highest BCUT2D eigenvalue weighted by Crippen LogP contribution is 2.25. The fourth-order valence-corrected chi connectivity index (χ4v) is 2.89. The van der Waals surface area contributed by atoms with Crippen LogP contribution in [0.2, 0.25) is 0 Å². The third-order valence-corrected chi connectivity index (χ3v) is 4.35. The van der Waals surface area contributed by atoms with Crippen molar-refractivity contribution in [1.82, 2.24) is 4.90 Å². The van der Waals surface area contributed by atoms with Crippen LogP contribution in [0.25, 0.3) is 0 Å².